The van der Waals surface area contributed by atoms with Crippen LogP contribution < -0.4 is 4.90 Å². The molecule has 0 radical (unpaired) electrons. The molecule has 0 aliphatic carbocycles. The molecule has 0 saturated carbocycles. The maximum absolute atomic E-state index is 13.3. The van der Waals surface area contributed by atoms with Crippen LogP contribution in [0.15, 0.2) is 57.7 Å². The molecule has 2 aromatic heterocycles. The summed E-state index contributed by atoms with van der Waals surface area (Å²) in [5.41, 5.74) is 0.592. The minimum atomic E-state index is -0.363. The first kappa shape index (κ1) is 19.7. The van der Waals surface area contributed by atoms with Gasteiger partial charge >= 0.3 is 0 Å². The van der Waals surface area contributed by atoms with Crippen molar-refractivity contribution in [3.05, 3.63) is 73.3 Å². The second kappa shape index (κ2) is 8.77. The van der Waals surface area contributed by atoms with E-state index in [1.165, 1.54) is 39.7 Å². The average molecular weight is 467 g/mol. The van der Waals surface area contributed by atoms with Crippen molar-refractivity contribution >= 4 is 56.1 Å². The highest BCUT2D eigenvalue weighted by molar-refractivity contribution is 9.11. The van der Waals surface area contributed by atoms with Gasteiger partial charge in [0.2, 0.25) is 5.91 Å². The molecule has 27 heavy (non-hydrogen) atoms. The van der Waals surface area contributed by atoms with Gasteiger partial charge in [0.15, 0.2) is 0 Å². The van der Waals surface area contributed by atoms with E-state index in [9.17, 15) is 14.0 Å². The maximum Gasteiger partial charge on any atom is 0.264 e. The number of anilines is 1. The molecular formula is C19H16BrFN2O2S2. The number of hydrogen-bond donors (Lipinski definition) is 0. The third kappa shape index (κ3) is 5.03. The highest BCUT2D eigenvalue weighted by atomic mass is 79.9. The summed E-state index contributed by atoms with van der Waals surface area (Å²) in [5.74, 6) is -0.812. The summed E-state index contributed by atoms with van der Waals surface area (Å²) in [5, 5.41) is 1.94. The summed E-state index contributed by atoms with van der Waals surface area (Å²) >= 11 is 6.20. The van der Waals surface area contributed by atoms with Crippen LogP contribution in [-0.4, -0.2) is 30.3 Å². The van der Waals surface area contributed by atoms with Crippen LogP contribution in [0, 0.1) is 5.82 Å². The summed E-state index contributed by atoms with van der Waals surface area (Å²) in [6.45, 7) is 0.297. The van der Waals surface area contributed by atoms with Gasteiger partial charge in [-0.3, -0.25) is 9.59 Å². The topological polar surface area (TPSA) is 40.6 Å². The second-order valence-electron chi connectivity index (χ2n) is 5.80. The number of rotatable bonds is 6. The van der Waals surface area contributed by atoms with E-state index in [0.717, 1.165) is 8.66 Å². The molecule has 140 valence electrons. The highest BCUT2D eigenvalue weighted by Crippen LogP contribution is 2.24. The Hall–Kier alpha value is -2.03. The fourth-order valence-corrected chi connectivity index (χ4v) is 4.55. The number of halogens is 2. The molecular weight excluding hydrogens is 451 g/mol. The largest absolute Gasteiger partial charge is 0.332 e. The Balaban J connectivity index is 1.77. The van der Waals surface area contributed by atoms with Crippen molar-refractivity contribution in [2.75, 3.05) is 18.5 Å². The second-order valence-corrected chi connectivity index (χ2v) is 9.30. The van der Waals surface area contributed by atoms with Gasteiger partial charge in [-0.05, 0) is 63.8 Å². The molecule has 2 heterocycles. The lowest BCUT2D eigenvalue weighted by Gasteiger charge is -2.25. The number of benzene rings is 1. The third-order valence-electron chi connectivity index (χ3n) is 3.84. The van der Waals surface area contributed by atoms with E-state index < -0.39 is 0 Å². The zero-order valence-corrected chi connectivity index (χ0v) is 17.6. The molecule has 3 rings (SSSR count). The van der Waals surface area contributed by atoms with E-state index in [2.05, 4.69) is 15.9 Å². The molecule has 0 atom stereocenters. The molecule has 3 aromatic rings. The standard InChI is InChI=1S/C19H16BrFN2O2S2/c1-22(19(25)16-8-9-17(20)27-16)12-18(24)23(11-15-3-2-10-26-15)14-6-4-13(21)5-7-14/h2-10H,11-12H2,1H3. The number of amides is 2. The average Bonchev–Trinajstić information content (AvgIpc) is 3.31. The monoisotopic (exact) mass is 466 g/mol. The molecule has 0 spiro atoms. The highest BCUT2D eigenvalue weighted by Gasteiger charge is 2.22. The molecule has 0 saturated heterocycles. The van der Waals surface area contributed by atoms with Crippen molar-refractivity contribution in [3.63, 3.8) is 0 Å². The summed E-state index contributed by atoms with van der Waals surface area (Å²) in [6, 6.07) is 13.2. The van der Waals surface area contributed by atoms with Crippen molar-refractivity contribution in [3.8, 4) is 0 Å². The van der Waals surface area contributed by atoms with E-state index in [0.29, 0.717) is 17.1 Å². The van der Waals surface area contributed by atoms with Gasteiger partial charge in [0.05, 0.1) is 15.2 Å². The number of likely N-dealkylation sites (N-methyl/N-ethyl adjacent to an activating group) is 1. The van der Waals surface area contributed by atoms with Crippen molar-refractivity contribution in [1.29, 1.82) is 0 Å². The summed E-state index contributed by atoms with van der Waals surface area (Å²) < 4.78 is 14.1. The Morgan fingerprint density at radius 1 is 1.11 bits per heavy atom. The molecule has 4 nitrogen and oxygen atoms in total. The number of nitrogens with zero attached hydrogens (tertiary/aromatic N) is 2. The summed E-state index contributed by atoms with van der Waals surface area (Å²) in [6.07, 6.45) is 0. The zero-order chi connectivity index (χ0) is 19.4. The Morgan fingerprint density at radius 3 is 2.44 bits per heavy atom. The molecule has 1 aromatic carbocycles. The normalized spacial score (nSPS) is 10.6. The van der Waals surface area contributed by atoms with Gasteiger partial charge < -0.3 is 9.80 Å². The lowest BCUT2D eigenvalue weighted by molar-refractivity contribution is -0.119. The van der Waals surface area contributed by atoms with Crippen LogP contribution in [0.1, 0.15) is 14.5 Å². The van der Waals surface area contributed by atoms with Gasteiger partial charge in [-0.25, -0.2) is 4.39 Å². The minimum Gasteiger partial charge on any atom is -0.332 e. The molecule has 0 aliphatic heterocycles. The van der Waals surface area contributed by atoms with Gasteiger partial charge in [-0.2, -0.15) is 0 Å². The Bertz CT molecular complexity index is 926. The fourth-order valence-electron chi connectivity index (χ4n) is 2.48. The predicted octanol–water partition coefficient (Wildman–Crippen LogP) is 5.02. The van der Waals surface area contributed by atoms with Crippen LogP contribution in [0.4, 0.5) is 10.1 Å². The van der Waals surface area contributed by atoms with E-state index in [-0.39, 0.29) is 24.2 Å². The number of hydrogen-bond acceptors (Lipinski definition) is 4. The first-order valence-corrected chi connectivity index (χ1v) is 10.5. The predicted molar refractivity (Wildman–Crippen MR) is 111 cm³/mol. The van der Waals surface area contributed by atoms with Gasteiger partial charge in [-0.15, -0.1) is 22.7 Å². The first-order valence-electron chi connectivity index (χ1n) is 8.03. The van der Waals surface area contributed by atoms with Gasteiger partial charge in [0.25, 0.3) is 5.91 Å². The lowest BCUT2D eigenvalue weighted by Crippen LogP contribution is -2.40. The Labute approximate surface area is 173 Å². The van der Waals surface area contributed by atoms with Crippen molar-refractivity contribution in [1.82, 2.24) is 4.90 Å². The zero-order valence-electron chi connectivity index (χ0n) is 14.4. The van der Waals surface area contributed by atoms with Crippen molar-refractivity contribution in [2.24, 2.45) is 0 Å². The number of carbonyl (C=O) groups excluding carboxylic acids is 2. The van der Waals surface area contributed by atoms with Gasteiger partial charge in [-0.1, -0.05) is 6.07 Å². The molecule has 0 N–H and O–H groups in total. The molecule has 8 heteroatoms. The number of thiophene rings is 2. The van der Waals surface area contributed by atoms with Crippen LogP contribution >= 0.6 is 38.6 Å². The van der Waals surface area contributed by atoms with Crippen LogP contribution in [0.2, 0.25) is 0 Å². The Morgan fingerprint density at radius 2 is 1.85 bits per heavy atom. The van der Waals surface area contributed by atoms with E-state index >= 15 is 0 Å². The molecule has 0 aliphatic rings. The van der Waals surface area contributed by atoms with Crippen molar-refractivity contribution < 1.29 is 14.0 Å². The third-order valence-corrected chi connectivity index (χ3v) is 6.31. The van der Waals surface area contributed by atoms with Gasteiger partial charge in [0.1, 0.15) is 12.4 Å². The Kier molecular flexibility index (Phi) is 6.41. The van der Waals surface area contributed by atoms with Crippen LogP contribution in [-0.2, 0) is 11.3 Å². The number of carbonyl (C=O) groups is 2. The van der Waals surface area contributed by atoms with E-state index in [1.807, 2.05) is 17.5 Å². The lowest BCUT2D eigenvalue weighted by atomic mass is 10.2. The molecule has 2 amide bonds. The quantitative estimate of drug-likeness (QED) is 0.511. The van der Waals surface area contributed by atoms with Gasteiger partial charge in [0, 0.05) is 17.6 Å². The fraction of sp³-hybridized carbons (Fsp3) is 0.158. The summed E-state index contributed by atoms with van der Waals surface area (Å²) in [7, 11) is 1.60. The molecule has 0 bridgehead atoms. The molecule has 0 unspecified atom stereocenters. The molecule has 0 fully saturated rings. The SMILES string of the molecule is CN(CC(=O)N(Cc1cccs1)c1ccc(F)cc1)C(=O)c1ccc(Br)s1. The van der Waals surface area contributed by atoms with Crippen LogP contribution in [0.3, 0.4) is 0 Å². The first-order chi connectivity index (χ1) is 12.9. The smallest absolute Gasteiger partial charge is 0.264 e. The summed E-state index contributed by atoms with van der Waals surface area (Å²) in [4.78, 5) is 30.0. The van der Waals surface area contributed by atoms with Crippen LogP contribution in [0.5, 0.6) is 0 Å². The van der Waals surface area contributed by atoms with Crippen LogP contribution in [0.25, 0.3) is 0 Å². The van der Waals surface area contributed by atoms with E-state index in [1.54, 1.807) is 36.2 Å². The van der Waals surface area contributed by atoms with Crippen molar-refractivity contribution in [2.45, 2.75) is 6.54 Å². The maximum atomic E-state index is 13.3. The van der Waals surface area contributed by atoms with E-state index in [4.69, 9.17) is 0 Å². The minimum absolute atomic E-state index is 0.0723.